The van der Waals surface area contributed by atoms with Gasteiger partial charge in [0.1, 0.15) is 17.6 Å². The van der Waals surface area contributed by atoms with Gasteiger partial charge in [-0.05, 0) is 37.0 Å². The van der Waals surface area contributed by atoms with E-state index in [0.717, 1.165) is 11.1 Å². The highest BCUT2D eigenvalue weighted by Crippen LogP contribution is 2.04. The van der Waals surface area contributed by atoms with Crippen molar-refractivity contribution in [3.63, 3.8) is 0 Å². The van der Waals surface area contributed by atoms with E-state index in [4.69, 9.17) is 16.9 Å². The van der Waals surface area contributed by atoms with Gasteiger partial charge in [0, 0.05) is 12.7 Å². The highest BCUT2D eigenvalue weighted by molar-refractivity contribution is 5.93. The number of hydrogen-bond acceptors (Lipinski definition) is 5. The summed E-state index contributed by atoms with van der Waals surface area (Å²) in [6.45, 7) is 1.86. The molecule has 8 heteroatoms. The lowest BCUT2D eigenvalue weighted by Gasteiger charge is -2.17. The van der Waals surface area contributed by atoms with Crippen LogP contribution in [-0.2, 0) is 22.6 Å². The van der Waals surface area contributed by atoms with Crippen LogP contribution in [-0.4, -0.2) is 34.7 Å². The topological polar surface area (TPSA) is 147 Å². The predicted octanol–water partition coefficient (Wildman–Crippen LogP) is 0.447. The van der Waals surface area contributed by atoms with Crippen molar-refractivity contribution in [1.82, 2.24) is 15.6 Å². The van der Waals surface area contributed by atoms with Crippen LogP contribution in [0.3, 0.4) is 0 Å². The first kappa shape index (κ1) is 21.0. The van der Waals surface area contributed by atoms with Gasteiger partial charge in [-0.25, -0.2) is 0 Å². The number of nitrogen functional groups attached to an aromatic ring is 1. The van der Waals surface area contributed by atoms with Crippen LogP contribution >= 0.6 is 0 Å². The summed E-state index contributed by atoms with van der Waals surface area (Å²) in [7, 11) is 0. The maximum Gasteiger partial charge on any atom is 0.242 e. The Balaban J connectivity index is 1.75. The zero-order chi connectivity index (χ0) is 20.5. The molecule has 7 N–H and O–H groups in total. The van der Waals surface area contributed by atoms with Crippen molar-refractivity contribution >= 4 is 17.6 Å². The number of carbonyl (C=O) groups is 2. The number of aromatic nitrogens is 1. The van der Waals surface area contributed by atoms with Crippen molar-refractivity contribution in [2.75, 3.05) is 0 Å². The molecule has 0 unspecified atom stereocenters. The quantitative estimate of drug-likeness (QED) is 0.315. The molecular weight excluding hydrogens is 356 g/mol. The molecule has 2 amide bonds. The van der Waals surface area contributed by atoms with Gasteiger partial charge in [0.15, 0.2) is 0 Å². The third kappa shape index (κ3) is 6.48. The van der Waals surface area contributed by atoms with E-state index in [2.05, 4.69) is 15.6 Å². The number of nitrogens with one attached hydrogen (secondary N) is 3. The first-order valence-electron chi connectivity index (χ1n) is 9.03. The molecule has 0 fully saturated rings. The molecule has 0 saturated carbocycles. The number of rotatable bonds is 9. The van der Waals surface area contributed by atoms with E-state index in [1.165, 1.54) is 0 Å². The van der Waals surface area contributed by atoms with Gasteiger partial charge in [-0.1, -0.05) is 36.4 Å². The van der Waals surface area contributed by atoms with Crippen molar-refractivity contribution in [3.05, 3.63) is 65.5 Å². The fourth-order valence-electron chi connectivity index (χ4n) is 2.51. The summed E-state index contributed by atoms with van der Waals surface area (Å²) in [5.74, 6) is -0.791. The number of hydrogen-bond donors (Lipinski definition) is 5. The van der Waals surface area contributed by atoms with Crippen LogP contribution < -0.4 is 22.1 Å². The Labute approximate surface area is 164 Å². The molecule has 2 atom stereocenters. The van der Waals surface area contributed by atoms with Crippen LogP contribution in [0.1, 0.15) is 30.2 Å². The van der Waals surface area contributed by atoms with Gasteiger partial charge in [-0.15, -0.1) is 0 Å². The normalized spacial score (nSPS) is 12.6. The molecule has 1 heterocycles. The second-order valence-corrected chi connectivity index (χ2v) is 6.54. The summed E-state index contributed by atoms with van der Waals surface area (Å²) < 4.78 is 0. The average molecular weight is 382 g/mol. The van der Waals surface area contributed by atoms with Crippen LogP contribution in [0.4, 0.5) is 0 Å². The first-order chi connectivity index (χ1) is 13.4. The van der Waals surface area contributed by atoms with E-state index in [1.54, 1.807) is 25.3 Å². The maximum atomic E-state index is 12.2. The molecule has 0 aliphatic heterocycles. The summed E-state index contributed by atoms with van der Waals surface area (Å²) in [5.41, 5.74) is 13.5. The van der Waals surface area contributed by atoms with E-state index in [1.807, 2.05) is 30.3 Å². The SMILES string of the molecule is C[C@H](NC(=O)[C@H](N)CCc1ccccc1)C(=O)NCc1ccc(C(=N)N)nc1. The number of carbonyl (C=O) groups excluding carboxylic acids is 2. The maximum absolute atomic E-state index is 12.2. The molecule has 1 aromatic heterocycles. The molecule has 8 nitrogen and oxygen atoms in total. The molecule has 2 aromatic rings. The first-order valence-corrected chi connectivity index (χ1v) is 9.03. The number of benzene rings is 1. The minimum Gasteiger partial charge on any atom is -0.382 e. The second kappa shape index (κ2) is 10.2. The lowest BCUT2D eigenvalue weighted by molar-refractivity contribution is -0.129. The molecule has 0 spiro atoms. The minimum absolute atomic E-state index is 0.115. The van der Waals surface area contributed by atoms with Crippen molar-refractivity contribution in [1.29, 1.82) is 5.41 Å². The van der Waals surface area contributed by atoms with E-state index in [9.17, 15) is 9.59 Å². The van der Waals surface area contributed by atoms with Crippen molar-refractivity contribution in [2.24, 2.45) is 11.5 Å². The number of nitrogens with zero attached hydrogens (tertiary/aromatic N) is 1. The highest BCUT2D eigenvalue weighted by Gasteiger charge is 2.19. The standard InChI is InChI=1S/C20H26N6O2/c1-13(19(27)25-12-15-8-10-17(18(22)23)24-11-15)26-20(28)16(21)9-7-14-5-3-2-4-6-14/h2-6,8,10-11,13,16H,7,9,12,21H2,1H3,(H3,22,23)(H,25,27)(H,26,28)/t13-,16+/m0/s1. The van der Waals surface area contributed by atoms with Gasteiger partial charge >= 0.3 is 0 Å². The molecule has 0 aliphatic carbocycles. The Morgan fingerprint density at radius 1 is 1.11 bits per heavy atom. The second-order valence-electron chi connectivity index (χ2n) is 6.54. The monoisotopic (exact) mass is 382 g/mol. The zero-order valence-corrected chi connectivity index (χ0v) is 15.8. The average Bonchev–Trinajstić information content (AvgIpc) is 2.71. The molecule has 2 rings (SSSR count). The van der Waals surface area contributed by atoms with E-state index >= 15 is 0 Å². The summed E-state index contributed by atoms with van der Waals surface area (Å²) >= 11 is 0. The van der Waals surface area contributed by atoms with Crippen LogP contribution in [0.25, 0.3) is 0 Å². The molecule has 1 aromatic carbocycles. The van der Waals surface area contributed by atoms with Gasteiger partial charge in [0.2, 0.25) is 11.8 Å². The number of pyridine rings is 1. The Morgan fingerprint density at radius 2 is 1.82 bits per heavy atom. The zero-order valence-electron chi connectivity index (χ0n) is 15.8. The smallest absolute Gasteiger partial charge is 0.242 e. The number of aryl methyl sites for hydroxylation is 1. The largest absolute Gasteiger partial charge is 0.382 e. The fraction of sp³-hybridized carbons (Fsp3) is 0.300. The number of nitrogens with two attached hydrogens (primary N) is 2. The molecule has 0 radical (unpaired) electrons. The van der Waals surface area contributed by atoms with Crippen molar-refractivity contribution in [2.45, 2.75) is 38.4 Å². The summed E-state index contributed by atoms with van der Waals surface area (Å²) in [5, 5.41) is 12.7. The van der Waals surface area contributed by atoms with E-state index in [0.29, 0.717) is 18.5 Å². The Bertz CT molecular complexity index is 807. The van der Waals surface area contributed by atoms with Gasteiger partial charge in [0.25, 0.3) is 0 Å². The molecule has 148 valence electrons. The van der Waals surface area contributed by atoms with Crippen LogP contribution in [0.2, 0.25) is 0 Å². The summed E-state index contributed by atoms with van der Waals surface area (Å²) in [6, 6.07) is 11.7. The number of amidine groups is 1. The Kier molecular flexibility index (Phi) is 7.65. The van der Waals surface area contributed by atoms with Gasteiger partial charge in [0.05, 0.1) is 6.04 Å². The predicted molar refractivity (Wildman–Crippen MR) is 107 cm³/mol. The van der Waals surface area contributed by atoms with Crippen molar-refractivity contribution < 1.29 is 9.59 Å². The van der Waals surface area contributed by atoms with E-state index < -0.39 is 12.1 Å². The summed E-state index contributed by atoms with van der Waals surface area (Å²) in [6.07, 6.45) is 2.73. The highest BCUT2D eigenvalue weighted by atomic mass is 16.2. The van der Waals surface area contributed by atoms with Crippen LogP contribution in [0.5, 0.6) is 0 Å². The molecule has 0 bridgehead atoms. The third-order valence-electron chi connectivity index (χ3n) is 4.24. The number of amides is 2. The lowest BCUT2D eigenvalue weighted by atomic mass is 10.1. The molecule has 0 saturated heterocycles. The van der Waals surface area contributed by atoms with E-state index in [-0.39, 0.29) is 24.2 Å². The Morgan fingerprint density at radius 3 is 2.43 bits per heavy atom. The lowest BCUT2D eigenvalue weighted by Crippen LogP contribution is -2.50. The van der Waals surface area contributed by atoms with Gasteiger partial charge in [-0.3, -0.25) is 20.0 Å². The van der Waals surface area contributed by atoms with Crippen LogP contribution in [0.15, 0.2) is 48.7 Å². The molecular formula is C20H26N6O2. The van der Waals surface area contributed by atoms with Gasteiger partial charge in [-0.2, -0.15) is 0 Å². The Hall–Kier alpha value is -3.26. The third-order valence-corrected chi connectivity index (χ3v) is 4.24. The van der Waals surface area contributed by atoms with Crippen molar-refractivity contribution in [3.8, 4) is 0 Å². The molecule has 28 heavy (non-hydrogen) atoms. The minimum atomic E-state index is -0.709. The fourth-order valence-corrected chi connectivity index (χ4v) is 2.51. The molecule has 0 aliphatic rings. The van der Waals surface area contributed by atoms with Gasteiger partial charge < -0.3 is 22.1 Å². The van der Waals surface area contributed by atoms with Crippen LogP contribution in [0, 0.1) is 5.41 Å². The summed E-state index contributed by atoms with van der Waals surface area (Å²) in [4.78, 5) is 28.4.